The molecule has 3 nitrogen and oxygen atoms in total. The van der Waals surface area contributed by atoms with Gasteiger partial charge in [0.1, 0.15) is 0 Å². The van der Waals surface area contributed by atoms with Crippen LogP contribution in [-0.4, -0.2) is 17.9 Å². The number of carbonyl (C=O) groups excluding carboxylic acids is 1. The predicted molar refractivity (Wildman–Crippen MR) is 80.1 cm³/mol. The van der Waals surface area contributed by atoms with E-state index >= 15 is 0 Å². The van der Waals surface area contributed by atoms with Crippen LogP contribution in [0, 0.1) is 0 Å². The standard InChI is InChI=1S/C15H18N2OS/c1-11(14-7-4-8-19-14)17(2)15(18)10-12-5-3-6-13(16)9-12/h3-9,11H,10,16H2,1-2H3. The van der Waals surface area contributed by atoms with E-state index < -0.39 is 0 Å². The number of amides is 1. The second kappa shape index (κ2) is 5.89. The molecule has 2 aromatic rings. The number of nitrogen functional groups attached to an aromatic ring is 1. The fourth-order valence-corrected chi connectivity index (χ4v) is 2.76. The van der Waals surface area contributed by atoms with Crippen molar-refractivity contribution in [3.63, 3.8) is 0 Å². The molecule has 0 saturated heterocycles. The number of carbonyl (C=O) groups is 1. The molecular weight excluding hydrogens is 256 g/mol. The average Bonchev–Trinajstić information content (AvgIpc) is 2.90. The number of rotatable bonds is 4. The van der Waals surface area contributed by atoms with Crippen molar-refractivity contribution in [2.75, 3.05) is 12.8 Å². The molecular formula is C15H18N2OS. The highest BCUT2D eigenvalue weighted by molar-refractivity contribution is 7.10. The molecule has 4 heteroatoms. The van der Waals surface area contributed by atoms with E-state index in [-0.39, 0.29) is 11.9 Å². The lowest BCUT2D eigenvalue weighted by atomic mass is 10.1. The Kier molecular flexibility index (Phi) is 4.22. The van der Waals surface area contributed by atoms with Gasteiger partial charge in [-0.25, -0.2) is 0 Å². The topological polar surface area (TPSA) is 46.3 Å². The van der Waals surface area contributed by atoms with Crippen LogP contribution in [0.3, 0.4) is 0 Å². The summed E-state index contributed by atoms with van der Waals surface area (Å²) in [6, 6.07) is 11.6. The highest BCUT2D eigenvalue weighted by atomic mass is 32.1. The van der Waals surface area contributed by atoms with Crippen LogP contribution < -0.4 is 5.73 Å². The van der Waals surface area contributed by atoms with Crippen LogP contribution in [0.25, 0.3) is 0 Å². The normalized spacial score (nSPS) is 12.1. The van der Waals surface area contributed by atoms with Crippen molar-refractivity contribution in [1.29, 1.82) is 0 Å². The number of likely N-dealkylation sites (N-methyl/N-ethyl adjacent to an activating group) is 1. The molecule has 1 unspecified atom stereocenters. The van der Waals surface area contributed by atoms with Gasteiger partial charge in [-0.1, -0.05) is 18.2 Å². The van der Waals surface area contributed by atoms with Crippen LogP contribution in [0.1, 0.15) is 23.4 Å². The van der Waals surface area contributed by atoms with E-state index in [1.165, 1.54) is 4.88 Å². The number of benzene rings is 1. The van der Waals surface area contributed by atoms with Crippen molar-refractivity contribution in [3.8, 4) is 0 Å². The summed E-state index contributed by atoms with van der Waals surface area (Å²) in [4.78, 5) is 15.2. The maximum atomic E-state index is 12.3. The van der Waals surface area contributed by atoms with Gasteiger partial charge in [0.15, 0.2) is 0 Å². The number of anilines is 1. The highest BCUT2D eigenvalue weighted by Crippen LogP contribution is 2.24. The molecule has 1 heterocycles. The third-order valence-corrected chi connectivity index (χ3v) is 4.28. The van der Waals surface area contributed by atoms with Crippen LogP contribution in [0.15, 0.2) is 41.8 Å². The first-order valence-electron chi connectivity index (χ1n) is 6.21. The van der Waals surface area contributed by atoms with E-state index in [2.05, 4.69) is 6.07 Å². The maximum absolute atomic E-state index is 12.3. The molecule has 0 radical (unpaired) electrons. The van der Waals surface area contributed by atoms with Crippen LogP contribution in [-0.2, 0) is 11.2 Å². The Balaban J connectivity index is 2.03. The molecule has 0 bridgehead atoms. The molecule has 1 aromatic carbocycles. The van der Waals surface area contributed by atoms with Crippen LogP contribution in [0.5, 0.6) is 0 Å². The fourth-order valence-electron chi connectivity index (χ4n) is 1.94. The Morgan fingerprint density at radius 2 is 2.16 bits per heavy atom. The summed E-state index contributed by atoms with van der Waals surface area (Å²) in [6.45, 7) is 2.04. The zero-order chi connectivity index (χ0) is 13.8. The molecule has 0 fully saturated rings. The summed E-state index contributed by atoms with van der Waals surface area (Å²) in [5.41, 5.74) is 7.37. The van der Waals surface area contributed by atoms with E-state index in [4.69, 9.17) is 5.73 Å². The van der Waals surface area contributed by atoms with Crippen molar-refractivity contribution in [2.24, 2.45) is 0 Å². The van der Waals surface area contributed by atoms with Gasteiger partial charge >= 0.3 is 0 Å². The third-order valence-electron chi connectivity index (χ3n) is 3.24. The number of nitrogens with two attached hydrogens (primary N) is 1. The molecule has 100 valence electrons. The summed E-state index contributed by atoms with van der Waals surface area (Å²) in [6.07, 6.45) is 0.386. The zero-order valence-corrected chi connectivity index (χ0v) is 12.0. The molecule has 19 heavy (non-hydrogen) atoms. The molecule has 0 aliphatic carbocycles. The number of thiophene rings is 1. The van der Waals surface area contributed by atoms with Crippen LogP contribution >= 0.6 is 11.3 Å². The van der Waals surface area contributed by atoms with Crippen molar-refractivity contribution in [1.82, 2.24) is 4.90 Å². The first-order chi connectivity index (χ1) is 9.08. The molecule has 0 aliphatic rings. The Hall–Kier alpha value is -1.81. The van der Waals surface area contributed by atoms with E-state index in [1.54, 1.807) is 16.2 Å². The molecule has 0 aliphatic heterocycles. The highest BCUT2D eigenvalue weighted by Gasteiger charge is 2.18. The molecule has 1 amide bonds. The van der Waals surface area contributed by atoms with Crippen molar-refractivity contribution in [2.45, 2.75) is 19.4 Å². The molecule has 2 rings (SSSR count). The summed E-state index contributed by atoms with van der Waals surface area (Å²) < 4.78 is 0. The number of hydrogen-bond acceptors (Lipinski definition) is 3. The van der Waals surface area contributed by atoms with Gasteiger partial charge in [0.05, 0.1) is 12.5 Å². The Bertz CT molecular complexity index is 551. The smallest absolute Gasteiger partial charge is 0.227 e. The summed E-state index contributed by atoms with van der Waals surface area (Å²) in [7, 11) is 1.85. The average molecular weight is 274 g/mol. The van der Waals surface area contributed by atoms with Gasteiger partial charge < -0.3 is 10.6 Å². The van der Waals surface area contributed by atoms with E-state index in [0.29, 0.717) is 12.1 Å². The minimum absolute atomic E-state index is 0.103. The molecule has 0 saturated carbocycles. The fraction of sp³-hybridized carbons (Fsp3) is 0.267. The number of hydrogen-bond donors (Lipinski definition) is 1. The van der Waals surface area contributed by atoms with Gasteiger partial charge in [-0.15, -0.1) is 11.3 Å². The lowest BCUT2D eigenvalue weighted by molar-refractivity contribution is -0.131. The van der Waals surface area contributed by atoms with Gasteiger partial charge in [0.25, 0.3) is 0 Å². The van der Waals surface area contributed by atoms with Gasteiger partial charge in [0.2, 0.25) is 5.91 Å². The van der Waals surface area contributed by atoms with Gasteiger partial charge in [-0.05, 0) is 36.1 Å². The minimum atomic E-state index is 0.103. The Morgan fingerprint density at radius 3 is 2.79 bits per heavy atom. The second-order valence-corrected chi connectivity index (χ2v) is 5.60. The quantitative estimate of drug-likeness (QED) is 0.871. The maximum Gasteiger partial charge on any atom is 0.227 e. The SMILES string of the molecule is CC(c1cccs1)N(C)C(=O)Cc1cccc(N)c1. The molecule has 1 aromatic heterocycles. The largest absolute Gasteiger partial charge is 0.399 e. The monoisotopic (exact) mass is 274 g/mol. The van der Waals surface area contributed by atoms with Crippen LogP contribution in [0.2, 0.25) is 0 Å². The van der Waals surface area contributed by atoms with Crippen molar-refractivity contribution in [3.05, 3.63) is 52.2 Å². The van der Waals surface area contributed by atoms with Gasteiger partial charge in [-0.3, -0.25) is 4.79 Å². The summed E-state index contributed by atoms with van der Waals surface area (Å²) in [5, 5.41) is 2.03. The summed E-state index contributed by atoms with van der Waals surface area (Å²) >= 11 is 1.67. The van der Waals surface area contributed by atoms with Crippen molar-refractivity contribution < 1.29 is 4.79 Å². The Morgan fingerprint density at radius 1 is 1.37 bits per heavy atom. The van der Waals surface area contributed by atoms with Gasteiger partial charge in [-0.2, -0.15) is 0 Å². The molecule has 2 N–H and O–H groups in total. The third kappa shape index (κ3) is 3.35. The van der Waals surface area contributed by atoms with Gasteiger partial charge in [0, 0.05) is 17.6 Å². The van der Waals surface area contributed by atoms with Crippen LogP contribution in [0.4, 0.5) is 5.69 Å². The zero-order valence-electron chi connectivity index (χ0n) is 11.2. The molecule has 0 spiro atoms. The minimum Gasteiger partial charge on any atom is -0.399 e. The Labute approximate surface area is 117 Å². The lowest BCUT2D eigenvalue weighted by Crippen LogP contribution is -2.30. The predicted octanol–water partition coefficient (Wildman–Crippen LogP) is 3.09. The number of nitrogens with zero attached hydrogens (tertiary/aromatic N) is 1. The first kappa shape index (κ1) is 13.6. The van der Waals surface area contributed by atoms with Crippen molar-refractivity contribution >= 4 is 22.9 Å². The summed E-state index contributed by atoms with van der Waals surface area (Å²) in [5.74, 6) is 0.103. The van der Waals surface area contributed by atoms with E-state index in [9.17, 15) is 4.79 Å². The molecule has 1 atom stereocenters. The first-order valence-corrected chi connectivity index (χ1v) is 7.09. The second-order valence-electron chi connectivity index (χ2n) is 4.62. The lowest BCUT2D eigenvalue weighted by Gasteiger charge is -2.24. The van der Waals surface area contributed by atoms with E-state index in [0.717, 1.165) is 5.56 Å². The van der Waals surface area contributed by atoms with E-state index in [1.807, 2.05) is 49.7 Å².